The van der Waals surface area contributed by atoms with E-state index in [9.17, 15) is 19.2 Å². The van der Waals surface area contributed by atoms with E-state index in [-0.39, 0.29) is 76.8 Å². The normalized spacial score (nSPS) is 9.71. The topological polar surface area (TPSA) is 230 Å². The average Bonchev–Trinajstić information content (AvgIpc) is 2.30. The van der Waals surface area contributed by atoms with E-state index in [0.29, 0.717) is 0 Å². The summed E-state index contributed by atoms with van der Waals surface area (Å²) < 4.78 is 31.6. The summed E-state index contributed by atoms with van der Waals surface area (Å²) in [5.74, 6) is -4.91. The van der Waals surface area contributed by atoms with Crippen molar-refractivity contribution >= 4 is 63.8 Å². The summed E-state index contributed by atoms with van der Waals surface area (Å²) in [7, 11) is -4.67. The summed E-state index contributed by atoms with van der Waals surface area (Å²) in [6, 6.07) is 0. The first-order valence-corrected chi connectivity index (χ1v) is 7.62. The van der Waals surface area contributed by atoms with Crippen molar-refractivity contribution in [3.8, 4) is 0 Å². The molecule has 0 aromatic carbocycles. The van der Waals surface area contributed by atoms with Gasteiger partial charge in [0.25, 0.3) is 0 Å². The van der Waals surface area contributed by atoms with Crippen LogP contribution in [-0.4, -0.2) is 140 Å². The van der Waals surface area contributed by atoms with Crippen molar-refractivity contribution in [3.63, 3.8) is 0 Å². The molecule has 0 unspecified atom stereocenters. The first kappa shape index (κ1) is 38.3. The second-order valence-electron chi connectivity index (χ2n) is 4.44. The summed E-state index contributed by atoms with van der Waals surface area (Å²) in [5.41, 5.74) is 0. The Morgan fingerprint density at radius 3 is 0.893 bits per heavy atom. The summed E-state index contributed by atoms with van der Waals surface area (Å²) in [4.78, 5) is 44.4. The number of aliphatic carboxylic acids is 4. The molecule has 0 aliphatic carbocycles. The number of carboxylic acids is 4. The molecule has 0 amide bonds. The van der Waals surface area contributed by atoms with Crippen molar-refractivity contribution < 1.29 is 91.3 Å². The van der Waals surface area contributed by atoms with Crippen molar-refractivity contribution in [3.05, 3.63) is 0 Å². The van der Waals surface area contributed by atoms with E-state index in [0.717, 1.165) is 9.80 Å². The third kappa shape index (κ3) is 36.6. The average molecular weight is 534 g/mol. The number of hydrogen-bond acceptors (Lipinski definition) is 8. The zero-order valence-corrected chi connectivity index (χ0v) is 16.2. The summed E-state index contributed by atoms with van der Waals surface area (Å²) in [5, 5.41) is 34.5. The first-order valence-electron chi connectivity index (χ1n) is 6.22. The molecule has 0 aliphatic heterocycles. The summed E-state index contributed by atoms with van der Waals surface area (Å²) >= 11 is 0. The molecule has 0 bridgehead atoms. The molecule has 0 aromatic heterocycles. The van der Waals surface area contributed by atoms with Crippen LogP contribution < -0.4 is 0 Å². The van der Waals surface area contributed by atoms with Crippen LogP contribution in [0.15, 0.2) is 0 Å². The molecule has 0 rings (SSSR count). The quantitative estimate of drug-likeness (QED) is 0.112. The number of hydrogen-bond donors (Lipinski definition) is 6. The van der Waals surface area contributed by atoms with Gasteiger partial charge in [0, 0.05) is 47.2 Å². The molecule has 0 aromatic rings. The maximum absolute atomic E-state index is 10.6. The second kappa shape index (κ2) is 20.0. The van der Waals surface area contributed by atoms with E-state index in [1.54, 1.807) is 0 Å². The Hall–Kier alpha value is -0.291. The zero-order chi connectivity index (χ0) is 20.2. The minimum absolute atomic E-state index is 0. The van der Waals surface area contributed by atoms with Crippen LogP contribution in [0.3, 0.4) is 0 Å². The summed E-state index contributed by atoms with van der Waals surface area (Å²) in [6.45, 7) is -2.25. The van der Waals surface area contributed by atoms with Crippen LogP contribution in [0.5, 0.6) is 0 Å². The number of carboxylic acid groups (broad SMARTS) is 4. The molecule has 14 nitrogen and oxygen atoms in total. The van der Waals surface area contributed by atoms with Crippen molar-refractivity contribution in [1.82, 2.24) is 9.80 Å². The van der Waals surface area contributed by atoms with Crippen LogP contribution in [0.1, 0.15) is 0 Å². The molecule has 0 saturated carbocycles. The van der Waals surface area contributed by atoms with Gasteiger partial charge in [0.05, 0.1) is 26.2 Å². The van der Waals surface area contributed by atoms with Gasteiger partial charge in [0.1, 0.15) is 0 Å². The zero-order valence-electron chi connectivity index (χ0n) is 13.3. The fourth-order valence-corrected chi connectivity index (χ4v) is 1.48. The van der Waals surface area contributed by atoms with E-state index in [4.69, 9.17) is 37.9 Å². The fourth-order valence-electron chi connectivity index (χ4n) is 1.48. The van der Waals surface area contributed by atoms with Gasteiger partial charge >= 0.3 is 63.8 Å². The Morgan fingerprint density at radius 2 is 0.786 bits per heavy atom. The molecule has 0 spiro atoms. The molecule has 0 heterocycles. The van der Waals surface area contributed by atoms with Crippen LogP contribution in [0.25, 0.3) is 0 Å². The Bertz CT molecular complexity index is 517. The molecule has 1 radical (unpaired) electrons. The van der Waals surface area contributed by atoms with Gasteiger partial charge in [-0.1, -0.05) is 0 Å². The Balaban J connectivity index is -0.000000195. The van der Waals surface area contributed by atoms with Gasteiger partial charge in [-0.25, -0.2) is 0 Å². The van der Waals surface area contributed by atoms with Gasteiger partial charge in [-0.2, -0.15) is 8.42 Å². The predicted octanol–water partition coefficient (Wildman–Crippen LogP) is -3.38. The van der Waals surface area contributed by atoms with Gasteiger partial charge in [0.15, 0.2) is 0 Å². The first-order chi connectivity index (χ1) is 11.2. The van der Waals surface area contributed by atoms with Crippen LogP contribution in [0.4, 0.5) is 0 Å². The fraction of sp³-hybridized carbons (Fsp3) is 0.600. The van der Waals surface area contributed by atoms with Crippen LogP contribution in [-0.2, 0) is 63.7 Å². The molecular formula is C10H19CuFeN2NaO12S. The number of rotatable bonds is 11. The van der Waals surface area contributed by atoms with Crippen molar-refractivity contribution in [2.24, 2.45) is 0 Å². The molecular weight excluding hydrogens is 515 g/mol. The van der Waals surface area contributed by atoms with E-state index in [2.05, 4.69) is 0 Å². The SMILES string of the molecule is O=C(O)CN(CCN(CC(=O)O)CC(=O)O)CC(=O)O.O=S(=O)(O)O.[Cu].[Fe].[NaH]. The number of carbonyl (C=O) groups is 4. The Morgan fingerprint density at radius 1 is 0.643 bits per heavy atom. The van der Waals surface area contributed by atoms with E-state index >= 15 is 0 Å². The Labute approximate surface area is 203 Å². The Kier molecular flexibility index (Phi) is 27.4. The molecule has 0 saturated heterocycles. The molecule has 167 valence electrons. The third-order valence-corrected chi connectivity index (χ3v) is 2.17. The van der Waals surface area contributed by atoms with Gasteiger partial charge in [-0.3, -0.25) is 38.1 Å². The van der Waals surface area contributed by atoms with Crippen molar-refractivity contribution in [1.29, 1.82) is 0 Å². The summed E-state index contributed by atoms with van der Waals surface area (Å²) in [6.07, 6.45) is 0. The predicted molar refractivity (Wildman–Crippen MR) is 84.7 cm³/mol. The van der Waals surface area contributed by atoms with Gasteiger partial charge in [0.2, 0.25) is 0 Å². The van der Waals surface area contributed by atoms with E-state index in [1.165, 1.54) is 0 Å². The second-order valence-corrected chi connectivity index (χ2v) is 5.34. The molecule has 28 heavy (non-hydrogen) atoms. The molecule has 6 N–H and O–H groups in total. The standard InChI is InChI=1S/C10H16N2O8.Cu.Fe.Na.H2O4S.H/c13-7(14)3-11(4-8(15)16)1-2-12(5-9(17)18)6-10(19)20;;;;1-5(2,3)4;/h1-6H2,(H,13,14)(H,15,16)(H,17,18)(H,19,20);;;;(H2,1,2,3,4);. The van der Waals surface area contributed by atoms with Crippen molar-refractivity contribution in [2.45, 2.75) is 0 Å². The van der Waals surface area contributed by atoms with E-state index < -0.39 is 60.5 Å². The van der Waals surface area contributed by atoms with E-state index in [1.807, 2.05) is 0 Å². The monoisotopic (exact) mass is 533 g/mol. The van der Waals surface area contributed by atoms with Crippen molar-refractivity contribution in [2.75, 3.05) is 39.3 Å². The van der Waals surface area contributed by atoms with Crippen LogP contribution in [0.2, 0.25) is 0 Å². The minimum atomic E-state index is -4.67. The molecule has 0 fully saturated rings. The van der Waals surface area contributed by atoms with Crippen LogP contribution >= 0.6 is 0 Å². The van der Waals surface area contributed by atoms with Gasteiger partial charge in [-0.15, -0.1) is 0 Å². The molecule has 18 heteroatoms. The third-order valence-electron chi connectivity index (χ3n) is 2.17. The van der Waals surface area contributed by atoms with Gasteiger partial charge in [-0.05, 0) is 0 Å². The molecule has 0 aliphatic rings. The van der Waals surface area contributed by atoms with Gasteiger partial charge < -0.3 is 20.4 Å². The number of nitrogens with zero attached hydrogens (tertiary/aromatic N) is 2. The molecule has 0 atom stereocenters. The maximum atomic E-state index is 10.6. The van der Waals surface area contributed by atoms with Crippen LogP contribution in [0, 0.1) is 0 Å².